The van der Waals surface area contributed by atoms with Crippen molar-refractivity contribution in [3.8, 4) is 0 Å². The third-order valence-electron chi connectivity index (χ3n) is 3.89. The number of benzene rings is 1. The van der Waals surface area contributed by atoms with E-state index in [9.17, 15) is 0 Å². The molecule has 0 radical (unpaired) electrons. The average Bonchev–Trinajstić information content (AvgIpc) is 2.39. The van der Waals surface area contributed by atoms with E-state index < -0.39 is 0 Å². The minimum absolute atomic E-state index is 0.703. The fraction of sp³-hybridized carbons (Fsp3) is 0.438. The SMILES string of the molecule is Cc1ccc2nc(C3CCCCC3)ccc2c1. The van der Waals surface area contributed by atoms with E-state index in [2.05, 4.69) is 37.3 Å². The Bertz CT molecular complexity index is 524. The van der Waals surface area contributed by atoms with Crippen molar-refractivity contribution in [3.05, 3.63) is 41.6 Å². The quantitative estimate of drug-likeness (QED) is 0.691. The maximum atomic E-state index is 4.84. The number of aromatic nitrogens is 1. The Balaban J connectivity index is 1.98. The van der Waals surface area contributed by atoms with Crippen LogP contribution < -0.4 is 0 Å². The topological polar surface area (TPSA) is 12.9 Å². The predicted molar refractivity (Wildman–Crippen MR) is 72.3 cm³/mol. The Morgan fingerprint density at radius 3 is 2.65 bits per heavy atom. The number of pyridine rings is 1. The van der Waals surface area contributed by atoms with Crippen LogP contribution in [0.3, 0.4) is 0 Å². The summed E-state index contributed by atoms with van der Waals surface area (Å²) in [6, 6.07) is 11.0. The Morgan fingerprint density at radius 2 is 1.82 bits per heavy atom. The maximum absolute atomic E-state index is 4.84. The molecule has 0 aliphatic heterocycles. The molecule has 17 heavy (non-hydrogen) atoms. The molecule has 1 nitrogen and oxygen atoms in total. The van der Waals surface area contributed by atoms with Crippen molar-refractivity contribution in [1.29, 1.82) is 0 Å². The second-order valence-electron chi connectivity index (χ2n) is 5.27. The predicted octanol–water partition coefficient (Wildman–Crippen LogP) is 4.59. The van der Waals surface area contributed by atoms with Crippen molar-refractivity contribution in [3.63, 3.8) is 0 Å². The largest absolute Gasteiger partial charge is 0.253 e. The monoisotopic (exact) mass is 225 g/mol. The number of hydrogen-bond acceptors (Lipinski definition) is 1. The zero-order valence-electron chi connectivity index (χ0n) is 10.4. The third-order valence-corrected chi connectivity index (χ3v) is 3.89. The third kappa shape index (κ3) is 2.19. The van der Waals surface area contributed by atoms with E-state index in [4.69, 9.17) is 4.98 Å². The molecule has 1 aliphatic rings. The van der Waals surface area contributed by atoms with E-state index in [-0.39, 0.29) is 0 Å². The lowest BCUT2D eigenvalue weighted by molar-refractivity contribution is 0.437. The van der Waals surface area contributed by atoms with Gasteiger partial charge in [0.2, 0.25) is 0 Å². The number of nitrogens with zero attached hydrogens (tertiary/aromatic N) is 1. The number of aryl methyl sites for hydroxylation is 1. The second kappa shape index (κ2) is 4.48. The first-order valence-electron chi connectivity index (χ1n) is 6.70. The molecule has 1 aliphatic carbocycles. The van der Waals surface area contributed by atoms with Crippen LogP contribution in [0.15, 0.2) is 30.3 Å². The average molecular weight is 225 g/mol. The van der Waals surface area contributed by atoms with E-state index >= 15 is 0 Å². The molecule has 1 saturated carbocycles. The Kier molecular flexibility index (Phi) is 2.84. The van der Waals surface area contributed by atoms with Crippen LogP contribution in [-0.2, 0) is 0 Å². The molecule has 0 spiro atoms. The lowest BCUT2D eigenvalue weighted by Gasteiger charge is -2.21. The van der Waals surface area contributed by atoms with Gasteiger partial charge in [-0.3, -0.25) is 4.98 Å². The summed E-state index contributed by atoms with van der Waals surface area (Å²) in [6.45, 7) is 2.13. The van der Waals surface area contributed by atoms with Crippen molar-refractivity contribution in [2.24, 2.45) is 0 Å². The van der Waals surface area contributed by atoms with Crippen LogP contribution in [0.1, 0.15) is 49.3 Å². The summed E-state index contributed by atoms with van der Waals surface area (Å²) in [5.74, 6) is 0.703. The first-order valence-corrected chi connectivity index (χ1v) is 6.70. The van der Waals surface area contributed by atoms with E-state index in [0.717, 1.165) is 5.52 Å². The molecule has 0 saturated heterocycles. The normalized spacial score (nSPS) is 17.5. The van der Waals surface area contributed by atoms with Gasteiger partial charge in [-0.15, -0.1) is 0 Å². The van der Waals surface area contributed by atoms with Crippen molar-refractivity contribution in [2.75, 3.05) is 0 Å². The number of rotatable bonds is 1. The minimum atomic E-state index is 0.703. The summed E-state index contributed by atoms with van der Waals surface area (Å²) in [4.78, 5) is 4.84. The van der Waals surface area contributed by atoms with E-state index in [1.165, 1.54) is 48.7 Å². The molecule has 0 amide bonds. The smallest absolute Gasteiger partial charge is 0.0705 e. The second-order valence-corrected chi connectivity index (χ2v) is 5.27. The highest BCUT2D eigenvalue weighted by Crippen LogP contribution is 2.32. The molecule has 1 aromatic heterocycles. The number of fused-ring (bicyclic) bond motifs is 1. The lowest BCUT2D eigenvalue weighted by atomic mass is 9.86. The van der Waals surface area contributed by atoms with Crippen LogP contribution in [-0.4, -0.2) is 4.98 Å². The standard InChI is InChI=1S/C16H19N/c1-12-7-9-16-14(11-12)8-10-15(17-16)13-5-3-2-4-6-13/h7-11,13H,2-6H2,1H3. The van der Waals surface area contributed by atoms with Crippen LogP contribution in [0.4, 0.5) is 0 Å². The van der Waals surface area contributed by atoms with Gasteiger partial charge in [0.25, 0.3) is 0 Å². The van der Waals surface area contributed by atoms with Gasteiger partial charge in [-0.2, -0.15) is 0 Å². The zero-order chi connectivity index (χ0) is 11.7. The summed E-state index contributed by atoms with van der Waals surface area (Å²) in [5, 5.41) is 1.27. The van der Waals surface area contributed by atoms with Crippen molar-refractivity contribution >= 4 is 10.9 Å². The molecule has 0 atom stereocenters. The fourth-order valence-corrected chi connectivity index (χ4v) is 2.89. The van der Waals surface area contributed by atoms with Crippen molar-refractivity contribution < 1.29 is 0 Å². The van der Waals surface area contributed by atoms with Gasteiger partial charge in [-0.1, -0.05) is 37.0 Å². The molecule has 1 heteroatoms. The van der Waals surface area contributed by atoms with Gasteiger partial charge in [0, 0.05) is 17.0 Å². The summed E-state index contributed by atoms with van der Waals surface area (Å²) in [6.07, 6.45) is 6.80. The molecule has 1 heterocycles. The Labute approximate surface area is 103 Å². The van der Waals surface area contributed by atoms with Gasteiger partial charge < -0.3 is 0 Å². The van der Waals surface area contributed by atoms with Crippen LogP contribution in [0.5, 0.6) is 0 Å². The first kappa shape index (κ1) is 10.8. The van der Waals surface area contributed by atoms with Gasteiger partial charge >= 0.3 is 0 Å². The molecular weight excluding hydrogens is 206 g/mol. The Hall–Kier alpha value is -1.37. The maximum Gasteiger partial charge on any atom is 0.0705 e. The Morgan fingerprint density at radius 1 is 1.00 bits per heavy atom. The van der Waals surface area contributed by atoms with Gasteiger partial charge in [-0.25, -0.2) is 0 Å². The van der Waals surface area contributed by atoms with Crippen molar-refractivity contribution in [2.45, 2.75) is 44.9 Å². The highest BCUT2D eigenvalue weighted by molar-refractivity contribution is 5.79. The molecular formula is C16H19N. The number of hydrogen-bond donors (Lipinski definition) is 0. The minimum Gasteiger partial charge on any atom is -0.253 e. The zero-order valence-corrected chi connectivity index (χ0v) is 10.4. The highest BCUT2D eigenvalue weighted by Gasteiger charge is 2.16. The van der Waals surface area contributed by atoms with Gasteiger partial charge in [0.15, 0.2) is 0 Å². The molecule has 0 N–H and O–H groups in total. The van der Waals surface area contributed by atoms with Crippen LogP contribution in [0.25, 0.3) is 10.9 Å². The first-order chi connectivity index (χ1) is 8.33. The van der Waals surface area contributed by atoms with Crippen LogP contribution in [0.2, 0.25) is 0 Å². The molecule has 2 aromatic rings. The lowest BCUT2D eigenvalue weighted by Crippen LogP contribution is -2.06. The van der Waals surface area contributed by atoms with Crippen molar-refractivity contribution in [1.82, 2.24) is 4.98 Å². The summed E-state index contributed by atoms with van der Waals surface area (Å²) >= 11 is 0. The van der Waals surface area contributed by atoms with Gasteiger partial charge in [0.05, 0.1) is 5.52 Å². The molecule has 88 valence electrons. The van der Waals surface area contributed by atoms with E-state index in [1.54, 1.807) is 0 Å². The summed E-state index contributed by atoms with van der Waals surface area (Å²) in [7, 11) is 0. The van der Waals surface area contributed by atoms with Crippen LogP contribution >= 0.6 is 0 Å². The molecule has 1 aromatic carbocycles. The van der Waals surface area contributed by atoms with Gasteiger partial charge in [0.1, 0.15) is 0 Å². The molecule has 3 rings (SSSR count). The van der Waals surface area contributed by atoms with E-state index in [1.807, 2.05) is 0 Å². The highest BCUT2D eigenvalue weighted by atomic mass is 14.7. The van der Waals surface area contributed by atoms with E-state index in [0.29, 0.717) is 5.92 Å². The summed E-state index contributed by atoms with van der Waals surface area (Å²) in [5.41, 5.74) is 3.77. The molecule has 0 bridgehead atoms. The molecule has 0 unspecified atom stereocenters. The van der Waals surface area contributed by atoms with Gasteiger partial charge in [-0.05, 0) is 38.0 Å². The fourth-order valence-electron chi connectivity index (χ4n) is 2.89. The molecule has 1 fully saturated rings. The summed E-state index contributed by atoms with van der Waals surface area (Å²) < 4.78 is 0. The van der Waals surface area contributed by atoms with Crippen LogP contribution in [0, 0.1) is 6.92 Å².